The maximum Gasteiger partial charge on any atom is 0.249 e. The quantitative estimate of drug-likeness (QED) is 0.121. The van der Waals surface area contributed by atoms with E-state index in [4.69, 9.17) is 0 Å². The van der Waals surface area contributed by atoms with Crippen LogP contribution in [0.1, 0.15) is 26.3 Å². The molecule has 0 spiro atoms. The average molecular weight is 898 g/mol. The van der Waals surface area contributed by atoms with Gasteiger partial charge in [0, 0.05) is 32.3 Å². The molecule has 0 N–H and O–H groups in total. The number of benzene rings is 11. The molecule has 2 aliphatic heterocycles. The summed E-state index contributed by atoms with van der Waals surface area (Å²) in [5.74, 6) is 0. The molecule has 326 valence electrons. The molecule has 2 aliphatic rings. The van der Waals surface area contributed by atoms with Crippen LogP contribution < -0.4 is 21.3 Å². The molecule has 0 atom stereocenters. The van der Waals surface area contributed by atoms with Crippen molar-refractivity contribution in [2.75, 3.05) is 4.90 Å². The smallest absolute Gasteiger partial charge is 0.249 e. The predicted octanol–water partition coefficient (Wildman–Crippen LogP) is 16.4. The Hall–Kier alpha value is -7.85. The largest absolute Gasteiger partial charge is 0.310 e. The first-order valence-electron chi connectivity index (χ1n) is 24.1. The molecule has 0 unspecified atom stereocenters. The van der Waals surface area contributed by atoms with Gasteiger partial charge in [0.2, 0.25) is 6.71 Å². The second-order valence-electron chi connectivity index (χ2n) is 19.6. The van der Waals surface area contributed by atoms with Gasteiger partial charge in [-0.2, -0.15) is 0 Å². The molecule has 1 nitrogen and oxygen atoms in total. The van der Waals surface area contributed by atoms with Crippen LogP contribution in [0.4, 0.5) is 17.1 Å². The fourth-order valence-electron chi connectivity index (χ4n) is 11.2. The topological polar surface area (TPSA) is 3.24 Å². The van der Waals surface area contributed by atoms with Crippen LogP contribution in [-0.4, -0.2) is 6.71 Å². The van der Waals surface area contributed by atoms with Crippen molar-refractivity contribution < 1.29 is 0 Å². The lowest BCUT2D eigenvalue weighted by Crippen LogP contribution is -2.60. The van der Waals surface area contributed by atoms with Gasteiger partial charge in [-0.05, 0) is 112 Å². The zero-order valence-electron chi connectivity index (χ0n) is 38.9. The monoisotopic (exact) mass is 897 g/mol. The van der Waals surface area contributed by atoms with Crippen molar-refractivity contribution in [3.05, 3.63) is 242 Å². The number of hydrogen-bond donors (Lipinski definition) is 0. The van der Waals surface area contributed by atoms with Crippen molar-refractivity contribution in [2.45, 2.75) is 36.0 Å². The lowest BCUT2D eigenvalue weighted by atomic mass is 9.34. The van der Waals surface area contributed by atoms with Crippen LogP contribution in [0.5, 0.6) is 0 Å². The van der Waals surface area contributed by atoms with Gasteiger partial charge in [-0.25, -0.2) is 0 Å². The highest BCUT2D eigenvalue weighted by Crippen LogP contribution is 2.52. The summed E-state index contributed by atoms with van der Waals surface area (Å²) in [4.78, 5) is 5.31. The van der Waals surface area contributed by atoms with E-state index in [1.54, 1.807) is 0 Å². The van der Waals surface area contributed by atoms with Gasteiger partial charge in [0.25, 0.3) is 0 Å². The van der Waals surface area contributed by atoms with E-state index in [0.717, 1.165) is 0 Å². The Bertz CT molecular complexity index is 3670. The third-order valence-electron chi connectivity index (χ3n) is 14.5. The predicted molar refractivity (Wildman–Crippen MR) is 297 cm³/mol. The molecule has 0 fully saturated rings. The summed E-state index contributed by atoms with van der Waals surface area (Å²) < 4.78 is 0. The summed E-state index contributed by atoms with van der Waals surface area (Å²) in [7, 11) is 0. The molecule has 0 saturated carbocycles. The number of rotatable bonds is 6. The van der Waals surface area contributed by atoms with Gasteiger partial charge >= 0.3 is 0 Å². The second kappa shape index (κ2) is 16.4. The highest BCUT2D eigenvalue weighted by Gasteiger charge is 2.43. The molecular formula is C66H48BNS. The zero-order chi connectivity index (χ0) is 46.2. The maximum absolute atomic E-state index is 2.67. The van der Waals surface area contributed by atoms with Gasteiger partial charge < -0.3 is 4.90 Å². The Morgan fingerprint density at radius 2 is 0.855 bits per heavy atom. The molecule has 0 bridgehead atoms. The third kappa shape index (κ3) is 6.86. The summed E-state index contributed by atoms with van der Waals surface area (Å²) in [6, 6.07) is 88.4. The van der Waals surface area contributed by atoms with E-state index in [1.165, 1.54) is 126 Å². The summed E-state index contributed by atoms with van der Waals surface area (Å²) in [6.45, 7) is 7.07. The minimum atomic E-state index is -0.105. The molecule has 2 heterocycles. The molecule has 11 aromatic rings. The van der Waals surface area contributed by atoms with Crippen molar-refractivity contribution in [1.29, 1.82) is 0 Å². The van der Waals surface area contributed by atoms with E-state index in [0.29, 0.717) is 0 Å². The molecule has 0 aromatic heterocycles. The Kier molecular flexibility index (Phi) is 9.85. The Morgan fingerprint density at radius 1 is 0.362 bits per heavy atom. The molecule has 0 aliphatic carbocycles. The van der Waals surface area contributed by atoms with E-state index in [2.05, 4.69) is 262 Å². The van der Waals surface area contributed by atoms with Gasteiger partial charge in [0.1, 0.15) is 0 Å². The van der Waals surface area contributed by atoms with Crippen molar-refractivity contribution in [2.24, 2.45) is 0 Å². The van der Waals surface area contributed by atoms with Crippen molar-refractivity contribution in [3.63, 3.8) is 0 Å². The normalized spacial score (nSPS) is 12.7. The van der Waals surface area contributed by atoms with Crippen LogP contribution in [0.25, 0.3) is 77.2 Å². The Labute approximate surface area is 409 Å². The van der Waals surface area contributed by atoms with E-state index in [-0.39, 0.29) is 12.1 Å². The molecule has 13 rings (SSSR count). The second-order valence-corrected chi connectivity index (χ2v) is 20.6. The van der Waals surface area contributed by atoms with E-state index in [9.17, 15) is 0 Å². The summed E-state index contributed by atoms with van der Waals surface area (Å²) >= 11 is 1.93. The summed E-state index contributed by atoms with van der Waals surface area (Å²) in [5, 5.41) is 5.00. The minimum Gasteiger partial charge on any atom is -0.310 e. The SMILES string of the molecule is CC(C)(C)c1cc2c3c(c1)N(c1c(-c4ccccc4)cccc1-c1ccccc1)c1cc(-c4c5ccccc5c(-c5ccccc5)c5ccccc45)ccc1B3c1cc(-c3ccccc3)ccc1S2. The fraction of sp³-hybridized carbons (Fsp3) is 0.0606. The highest BCUT2D eigenvalue weighted by atomic mass is 32.2. The first-order chi connectivity index (χ1) is 33.9. The first-order valence-corrected chi connectivity index (χ1v) is 24.9. The van der Waals surface area contributed by atoms with Crippen molar-refractivity contribution in [1.82, 2.24) is 0 Å². The van der Waals surface area contributed by atoms with Crippen LogP contribution >= 0.6 is 11.8 Å². The van der Waals surface area contributed by atoms with Crippen LogP contribution in [0.3, 0.4) is 0 Å². The Morgan fingerprint density at radius 3 is 1.41 bits per heavy atom. The van der Waals surface area contributed by atoms with E-state index in [1.807, 2.05) is 11.8 Å². The fourth-order valence-corrected chi connectivity index (χ4v) is 12.4. The molecule has 0 amide bonds. The molecule has 0 radical (unpaired) electrons. The maximum atomic E-state index is 2.67. The lowest BCUT2D eigenvalue weighted by Gasteiger charge is -2.43. The number of anilines is 3. The molecule has 69 heavy (non-hydrogen) atoms. The van der Waals surface area contributed by atoms with Crippen LogP contribution in [0.15, 0.2) is 246 Å². The number of para-hydroxylation sites is 1. The van der Waals surface area contributed by atoms with Crippen LogP contribution in [0.2, 0.25) is 0 Å². The van der Waals surface area contributed by atoms with Gasteiger partial charge in [0.05, 0.1) is 5.69 Å². The third-order valence-corrected chi connectivity index (χ3v) is 15.6. The van der Waals surface area contributed by atoms with Gasteiger partial charge in [0.15, 0.2) is 0 Å². The van der Waals surface area contributed by atoms with Crippen LogP contribution in [-0.2, 0) is 5.41 Å². The molecule has 11 aromatic carbocycles. The number of hydrogen-bond acceptors (Lipinski definition) is 2. The van der Waals surface area contributed by atoms with Crippen LogP contribution in [0, 0.1) is 0 Å². The highest BCUT2D eigenvalue weighted by molar-refractivity contribution is 8.00. The van der Waals surface area contributed by atoms with E-state index < -0.39 is 0 Å². The van der Waals surface area contributed by atoms with E-state index >= 15 is 0 Å². The standard InChI is InChI=1S/C66H48BNS/c1-66(2,3)49-41-59-64-61(42-49)69-60-38-36-47(43-21-8-4-9-22-43)39-57(60)67(64)56-37-35-48(63-54-31-18-16-29-52(54)62(46-27-14-7-15-28-46)53-30-17-19-32-55(53)63)40-58(56)68(59)65-50(44-23-10-5-11-24-44)33-20-34-51(65)45-25-12-6-13-26-45/h4-42H,1-3H3. The molecule has 0 saturated heterocycles. The van der Waals surface area contributed by atoms with Crippen molar-refractivity contribution in [3.8, 4) is 55.6 Å². The Balaban J connectivity index is 1.17. The van der Waals surface area contributed by atoms with Gasteiger partial charge in [-0.1, -0.05) is 250 Å². The first kappa shape index (κ1) is 41.4. The van der Waals surface area contributed by atoms with Gasteiger partial charge in [-0.3, -0.25) is 0 Å². The summed E-state index contributed by atoms with van der Waals surface area (Å²) in [5.41, 5.74) is 21.1. The molecule has 3 heteroatoms. The summed E-state index contributed by atoms with van der Waals surface area (Å²) in [6.07, 6.45) is 0. The number of fused-ring (bicyclic) bond motifs is 6. The minimum absolute atomic E-state index is 0.00207. The average Bonchev–Trinajstić information content (AvgIpc) is 3.40. The molecular weight excluding hydrogens is 850 g/mol. The lowest BCUT2D eigenvalue weighted by molar-refractivity contribution is 0.589. The van der Waals surface area contributed by atoms with Gasteiger partial charge in [-0.15, -0.1) is 0 Å². The van der Waals surface area contributed by atoms with Crippen molar-refractivity contribution >= 4 is 73.5 Å². The number of nitrogens with zero attached hydrogens (tertiary/aromatic N) is 1. The zero-order valence-corrected chi connectivity index (χ0v) is 39.8.